The molecule has 2 rings (SSSR count). The molecule has 1 unspecified atom stereocenters. The molecular weight excluding hydrogens is 292 g/mol. The number of carbonyl (C=O) groups is 2. The standard InChI is InChI=1S/C15H19ClN2O3/c16-13-9-11(4-6-12(13)15(20)21)18-14(19)7-5-10-3-1-2-8-17-10/h4,6,9-10,17H,1-3,5,7-8H2,(H,18,19)(H,20,21). The average Bonchev–Trinajstić information content (AvgIpc) is 2.46. The Balaban J connectivity index is 1.84. The lowest BCUT2D eigenvalue weighted by molar-refractivity contribution is -0.116. The van der Waals surface area contributed by atoms with Gasteiger partial charge in [-0.15, -0.1) is 0 Å². The van der Waals surface area contributed by atoms with Crippen LogP contribution in [0.3, 0.4) is 0 Å². The van der Waals surface area contributed by atoms with E-state index < -0.39 is 5.97 Å². The normalized spacial score (nSPS) is 18.2. The summed E-state index contributed by atoms with van der Waals surface area (Å²) in [6, 6.07) is 4.82. The molecule has 1 aliphatic rings. The van der Waals surface area contributed by atoms with Crippen molar-refractivity contribution in [1.82, 2.24) is 5.32 Å². The Labute approximate surface area is 128 Å². The fraction of sp³-hybridized carbons (Fsp3) is 0.467. The van der Waals surface area contributed by atoms with Crippen LogP contribution in [0.4, 0.5) is 5.69 Å². The summed E-state index contributed by atoms with van der Waals surface area (Å²) >= 11 is 5.86. The zero-order valence-electron chi connectivity index (χ0n) is 11.7. The first-order valence-corrected chi connectivity index (χ1v) is 7.50. The molecule has 0 aliphatic carbocycles. The molecule has 3 N–H and O–H groups in total. The number of aromatic carboxylic acids is 1. The van der Waals surface area contributed by atoms with Crippen LogP contribution in [0.25, 0.3) is 0 Å². The highest BCUT2D eigenvalue weighted by Crippen LogP contribution is 2.21. The SMILES string of the molecule is O=C(CCC1CCCCN1)Nc1ccc(C(=O)O)c(Cl)c1. The summed E-state index contributed by atoms with van der Waals surface area (Å²) < 4.78 is 0. The summed E-state index contributed by atoms with van der Waals surface area (Å²) in [5, 5.41) is 15.2. The smallest absolute Gasteiger partial charge is 0.337 e. The lowest BCUT2D eigenvalue weighted by Gasteiger charge is -2.23. The highest BCUT2D eigenvalue weighted by atomic mass is 35.5. The van der Waals surface area contributed by atoms with E-state index in [2.05, 4.69) is 10.6 Å². The summed E-state index contributed by atoms with van der Waals surface area (Å²) in [4.78, 5) is 22.7. The second kappa shape index (κ2) is 7.43. The van der Waals surface area contributed by atoms with Crippen LogP contribution >= 0.6 is 11.6 Å². The summed E-state index contributed by atoms with van der Waals surface area (Å²) in [5.74, 6) is -1.16. The van der Waals surface area contributed by atoms with E-state index in [1.807, 2.05) is 0 Å². The van der Waals surface area contributed by atoms with Crippen LogP contribution in [0.1, 0.15) is 42.5 Å². The molecular formula is C15H19ClN2O3. The van der Waals surface area contributed by atoms with Gasteiger partial charge < -0.3 is 15.7 Å². The molecule has 0 aromatic heterocycles. The van der Waals surface area contributed by atoms with Crippen LogP contribution in [0, 0.1) is 0 Å². The number of carboxylic acid groups (broad SMARTS) is 1. The number of halogens is 1. The van der Waals surface area contributed by atoms with Gasteiger partial charge in [0.05, 0.1) is 10.6 Å². The Hall–Kier alpha value is -1.59. The Morgan fingerprint density at radius 2 is 2.19 bits per heavy atom. The molecule has 1 saturated heterocycles. The van der Waals surface area contributed by atoms with Crippen LogP contribution in [-0.2, 0) is 4.79 Å². The second-order valence-electron chi connectivity index (χ2n) is 5.23. The Kier molecular flexibility index (Phi) is 5.59. The third kappa shape index (κ3) is 4.72. The molecule has 6 heteroatoms. The Bertz CT molecular complexity index is 528. The van der Waals surface area contributed by atoms with E-state index in [1.54, 1.807) is 6.07 Å². The number of rotatable bonds is 5. The number of piperidine rings is 1. The van der Waals surface area contributed by atoms with Gasteiger partial charge in [-0.25, -0.2) is 4.79 Å². The van der Waals surface area contributed by atoms with Crippen LogP contribution < -0.4 is 10.6 Å². The monoisotopic (exact) mass is 310 g/mol. The predicted octanol–water partition coefficient (Wildman–Crippen LogP) is 2.90. The van der Waals surface area contributed by atoms with Gasteiger partial charge in [-0.1, -0.05) is 18.0 Å². The molecule has 1 aromatic rings. The van der Waals surface area contributed by atoms with Crippen LogP contribution in [-0.4, -0.2) is 29.6 Å². The van der Waals surface area contributed by atoms with Gasteiger partial charge in [-0.2, -0.15) is 0 Å². The van der Waals surface area contributed by atoms with Gasteiger partial charge >= 0.3 is 5.97 Å². The zero-order valence-corrected chi connectivity index (χ0v) is 12.4. The van der Waals surface area contributed by atoms with Crippen molar-refractivity contribution in [2.75, 3.05) is 11.9 Å². The summed E-state index contributed by atoms with van der Waals surface area (Å²) in [7, 11) is 0. The molecule has 1 amide bonds. The fourth-order valence-electron chi connectivity index (χ4n) is 2.47. The quantitative estimate of drug-likeness (QED) is 0.781. The zero-order chi connectivity index (χ0) is 15.2. The van der Waals surface area contributed by atoms with Crippen molar-refractivity contribution in [3.63, 3.8) is 0 Å². The number of hydrogen-bond acceptors (Lipinski definition) is 3. The van der Waals surface area contributed by atoms with Crippen LogP contribution in [0.2, 0.25) is 5.02 Å². The molecule has 0 bridgehead atoms. The van der Waals surface area contributed by atoms with E-state index in [-0.39, 0.29) is 16.5 Å². The third-order valence-electron chi connectivity index (χ3n) is 3.62. The van der Waals surface area contributed by atoms with Crippen molar-refractivity contribution in [1.29, 1.82) is 0 Å². The van der Waals surface area contributed by atoms with Crippen LogP contribution in [0.15, 0.2) is 18.2 Å². The molecule has 1 aromatic carbocycles. The molecule has 5 nitrogen and oxygen atoms in total. The first-order chi connectivity index (χ1) is 10.1. The molecule has 0 radical (unpaired) electrons. The van der Waals surface area contributed by atoms with E-state index in [9.17, 15) is 9.59 Å². The number of carboxylic acids is 1. The van der Waals surface area contributed by atoms with Gasteiger partial charge in [0.25, 0.3) is 0 Å². The third-order valence-corrected chi connectivity index (χ3v) is 3.93. The minimum absolute atomic E-state index is 0.0288. The number of anilines is 1. The number of carbonyl (C=O) groups excluding carboxylic acids is 1. The van der Waals surface area contributed by atoms with Crippen LogP contribution in [0.5, 0.6) is 0 Å². The maximum absolute atomic E-state index is 11.9. The summed E-state index contributed by atoms with van der Waals surface area (Å²) in [5.41, 5.74) is 0.549. The molecule has 21 heavy (non-hydrogen) atoms. The minimum atomic E-state index is -1.08. The van der Waals surface area contributed by atoms with Crippen molar-refractivity contribution in [2.24, 2.45) is 0 Å². The molecule has 0 spiro atoms. The molecule has 0 saturated carbocycles. The van der Waals surface area contributed by atoms with Crippen molar-refractivity contribution in [3.05, 3.63) is 28.8 Å². The number of amides is 1. The second-order valence-corrected chi connectivity index (χ2v) is 5.64. The Morgan fingerprint density at radius 1 is 1.38 bits per heavy atom. The molecule has 1 aliphatic heterocycles. The average molecular weight is 311 g/mol. The summed E-state index contributed by atoms with van der Waals surface area (Å²) in [6.07, 6.45) is 4.79. The van der Waals surface area contributed by atoms with Crippen molar-refractivity contribution in [2.45, 2.75) is 38.1 Å². The van der Waals surface area contributed by atoms with E-state index >= 15 is 0 Å². The first-order valence-electron chi connectivity index (χ1n) is 7.12. The van der Waals surface area contributed by atoms with Crippen molar-refractivity contribution >= 4 is 29.2 Å². The highest BCUT2D eigenvalue weighted by Gasteiger charge is 2.14. The maximum atomic E-state index is 11.9. The van der Waals surface area contributed by atoms with Gasteiger partial charge in [0, 0.05) is 18.2 Å². The molecule has 114 valence electrons. The van der Waals surface area contributed by atoms with E-state index in [0.29, 0.717) is 18.2 Å². The molecule has 1 fully saturated rings. The lowest BCUT2D eigenvalue weighted by Crippen LogP contribution is -2.34. The molecule has 1 atom stereocenters. The van der Waals surface area contributed by atoms with Crippen molar-refractivity contribution in [3.8, 4) is 0 Å². The first kappa shape index (κ1) is 15.8. The number of hydrogen-bond donors (Lipinski definition) is 3. The number of benzene rings is 1. The van der Waals surface area contributed by atoms with Gasteiger partial charge in [-0.05, 0) is 44.0 Å². The maximum Gasteiger partial charge on any atom is 0.337 e. The number of nitrogens with one attached hydrogen (secondary N) is 2. The summed E-state index contributed by atoms with van der Waals surface area (Å²) in [6.45, 7) is 1.03. The lowest BCUT2D eigenvalue weighted by atomic mass is 10.0. The Morgan fingerprint density at radius 3 is 2.81 bits per heavy atom. The predicted molar refractivity (Wildman–Crippen MR) is 81.9 cm³/mol. The topological polar surface area (TPSA) is 78.4 Å². The van der Waals surface area contributed by atoms with Crippen molar-refractivity contribution < 1.29 is 14.7 Å². The fourth-order valence-corrected chi connectivity index (χ4v) is 2.73. The van der Waals surface area contributed by atoms with Gasteiger partial charge in [0.2, 0.25) is 5.91 Å². The minimum Gasteiger partial charge on any atom is -0.478 e. The van der Waals surface area contributed by atoms with Gasteiger partial charge in [0.1, 0.15) is 0 Å². The van der Waals surface area contributed by atoms with E-state index in [0.717, 1.165) is 19.4 Å². The highest BCUT2D eigenvalue weighted by molar-refractivity contribution is 6.33. The van der Waals surface area contributed by atoms with E-state index in [1.165, 1.54) is 25.0 Å². The van der Waals surface area contributed by atoms with Gasteiger partial charge in [0.15, 0.2) is 0 Å². The largest absolute Gasteiger partial charge is 0.478 e. The van der Waals surface area contributed by atoms with E-state index in [4.69, 9.17) is 16.7 Å². The van der Waals surface area contributed by atoms with Gasteiger partial charge in [-0.3, -0.25) is 4.79 Å². The molecule has 1 heterocycles.